The van der Waals surface area contributed by atoms with Gasteiger partial charge in [-0.05, 0) is 107 Å². The van der Waals surface area contributed by atoms with Crippen molar-refractivity contribution in [2.75, 3.05) is 0 Å². The molecule has 1 heteroatoms. The van der Waals surface area contributed by atoms with E-state index < -0.39 is 8.07 Å². The Morgan fingerprint density at radius 1 is 0.564 bits per heavy atom. The molecule has 0 spiro atoms. The van der Waals surface area contributed by atoms with E-state index in [-0.39, 0.29) is 0 Å². The molecule has 2 aliphatic carbocycles. The van der Waals surface area contributed by atoms with Crippen LogP contribution in [-0.4, -0.2) is 8.07 Å². The lowest BCUT2D eigenvalue weighted by molar-refractivity contribution is 1.03. The molecule has 0 fully saturated rings. The zero-order chi connectivity index (χ0) is 27.3. The number of hydrogen-bond acceptors (Lipinski definition) is 0. The Morgan fingerprint density at radius 3 is 1.41 bits per heavy atom. The van der Waals surface area contributed by atoms with Crippen molar-refractivity contribution >= 4 is 20.2 Å². The minimum atomic E-state index is -1.85. The van der Waals surface area contributed by atoms with Gasteiger partial charge in [0, 0.05) is 0 Å². The van der Waals surface area contributed by atoms with Crippen LogP contribution in [0, 0.1) is 27.7 Å². The number of rotatable bonds is 6. The summed E-state index contributed by atoms with van der Waals surface area (Å²) in [6, 6.07) is 28.7. The van der Waals surface area contributed by atoms with Crippen molar-refractivity contribution in [1.82, 2.24) is 0 Å². The summed E-state index contributed by atoms with van der Waals surface area (Å²) in [5.41, 5.74) is 17.0. The number of allylic oxidation sites excluding steroid dienone is 2. The first-order valence-electron chi connectivity index (χ1n) is 14.6. The summed E-state index contributed by atoms with van der Waals surface area (Å²) in [6.07, 6.45) is 8.67. The summed E-state index contributed by atoms with van der Waals surface area (Å²) in [5.74, 6) is 0. The summed E-state index contributed by atoms with van der Waals surface area (Å²) in [5, 5.41) is 3.42. The topological polar surface area (TPSA) is 0 Å². The maximum atomic E-state index is 2.65. The molecule has 0 atom stereocenters. The third-order valence-electron chi connectivity index (χ3n) is 9.75. The first-order chi connectivity index (χ1) is 18.8. The van der Waals surface area contributed by atoms with Crippen LogP contribution in [0.2, 0.25) is 12.6 Å². The van der Waals surface area contributed by atoms with Gasteiger partial charge in [-0.3, -0.25) is 0 Å². The van der Waals surface area contributed by atoms with Gasteiger partial charge in [-0.25, -0.2) is 0 Å². The summed E-state index contributed by atoms with van der Waals surface area (Å²) in [7, 11) is -1.85. The van der Waals surface area contributed by atoms with E-state index in [4.69, 9.17) is 0 Å². The minimum absolute atomic E-state index is 1.11. The van der Waals surface area contributed by atoms with Crippen LogP contribution in [0.15, 0.2) is 83.2 Å². The maximum absolute atomic E-state index is 2.65. The quantitative estimate of drug-likeness (QED) is 0.220. The van der Waals surface area contributed by atoms with Crippen LogP contribution in [0.4, 0.5) is 0 Å². The van der Waals surface area contributed by atoms with E-state index in [1.807, 2.05) is 0 Å². The molecule has 39 heavy (non-hydrogen) atoms. The van der Waals surface area contributed by atoms with Crippen molar-refractivity contribution in [3.63, 3.8) is 0 Å². The molecule has 0 amide bonds. The van der Waals surface area contributed by atoms with Gasteiger partial charge in [-0.15, -0.1) is 0 Å². The van der Waals surface area contributed by atoms with Gasteiger partial charge in [0.1, 0.15) is 8.07 Å². The molecule has 0 nitrogen and oxygen atoms in total. The van der Waals surface area contributed by atoms with Crippen molar-refractivity contribution < 1.29 is 0 Å². The summed E-state index contributed by atoms with van der Waals surface area (Å²) in [6.45, 7) is 14.0. The Labute approximate surface area is 236 Å². The first kappa shape index (κ1) is 25.8. The van der Waals surface area contributed by atoms with Gasteiger partial charge >= 0.3 is 0 Å². The fraction of sp³-hybridized carbons (Fsp3) is 0.263. The van der Waals surface area contributed by atoms with Crippen molar-refractivity contribution in [1.29, 1.82) is 0 Å². The molecule has 0 bridgehead atoms. The van der Waals surface area contributed by atoms with Crippen molar-refractivity contribution in [3.05, 3.63) is 128 Å². The monoisotopic (exact) mass is 524 g/mol. The first-order valence-corrected chi connectivity index (χ1v) is 17.3. The average molecular weight is 525 g/mol. The summed E-state index contributed by atoms with van der Waals surface area (Å²) < 4.78 is 0. The van der Waals surface area contributed by atoms with Gasteiger partial charge in [0.25, 0.3) is 0 Å². The Morgan fingerprint density at radius 2 is 0.974 bits per heavy atom. The zero-order valence-electron chi connectivity index (χ0n) is 24.4. The molecule has 0 aliphatic heterocycles. The Hall–Kier alpha value is -3.42. The smallest absolute Gasteiger partial charge is 0.0712 e. The maximum Gasteiger partial charge on any atom is 0.106 e. The molecule has 4 aromatic carbocycles. The highest BCUT2D eigenvalue weighted by Crippen LogP contribution is 2.46. The number of aryl methyl sites for hydroxylation is 2. The Kier molecular flexibility index (Phi) is 6.59. The van der Waals surface area contributed by atoms with Crippen LogP contribution in [-0.2, 0) is 12.8 Å². The molecule has 0 saturated carbocycles. The lowest BCUT2D eigenvalue weighted by Gasteiger charge is -2.31. The van der Waals surface area contributed by atoms with E-state index in [0.717, 1.165) is 12.8 Å². The molecule has 0 heterocycles. The van der Waals surface area contributed by atoms with Crippen molar-refractivity contribution in [3.8, 4) is 22.3 Å². The summed E-state index contributed by atoms with van der Waals surface area (Å²) >= 11 is 0. The highest BCUT2D eigenvalue weighted by molar-refractivity contribution is 6.93. The zero-order valence-corrected chi connectivity index (χ0v) is 25.4. The predicted octanol–water partition coefficient (Wildman–Crippen LogP) is 10.4. The lowest BCUT2D eigenvalue weighted by Crippen LogP contribution is -2.36. The fourth-order valence-corrected chi connectivity index (χ4v) is 11.2. The number of hydrogen-bond donors (Lipinski definition) is 0. The lowest BCUT2D eigenvalue weighted by atomic mass is 9.92. The minimum Gasteiger partial charge on any atom is -0.0712 e. The molecule has 196 valence electrons. The molecular weight excluding hydrogens is 485 g/mol. The molecule has 4 aromatic rings. The van der Waals surface area contributed by atoms with Crippen LogP contribution < -0.4 is 0 Å². The van der Waals surface area contributed by atoms with Crippen LogP contribution >= 0.6 is 0 Å². The molecule has 0 unspecified atom stereocenters. The number of fused-ring (bicyclic) bond motifs is 2. The standard InChI is InChI=1S/C38H40Si/c1-7-20-39(6,31-21-29-14-10-18-35(37(29)23-31)33-16-8-12-25(2)27(33)4)32-22-30-15-11-19-36(38(30)24-32)34-17-9-13-26(3)28(34)5/h8-19,23-24H,7,20-22H2,1-6H3. The van der Waals surface area contributed by atoms with E-state index in [1.54, 1.807) is 10.4 Å². The third kappa shape index (κ3) is 4.28. The van der Waals surface area contributed by atoms with Crippen LogP contribution in [0.3, 0.4) is 0 Å². The fourth-order valence-electron chi connectivity index (χ4n) is 7.03. The average Bonchev–Trinajstić information content (AvgIpc) is 3.57. The van der Waals surface area contributed by atoms with Crippen LogP contribution in [0.1, 0.15) is 57.9 Å². The van der Waals surface area contributed by atoms with Crippen molar-refractivity contribution in [2.45, 2.75) is 66.5 Å². The Bertz CT molecular complexity index is 1540. The van der Waals surface area contributed by atoms with Crippen molar-refractivity contribution in [2.24, 2.45) is 0 Å². The Balaban J connectivity index is 1.44. The second-order valence-electron chi connectivity index (χ2n) is 12.0. The van der Waals surface area contributed by atoms with Gasteiger partial charge in [0.05, 0.1) is 0 Å². The third-order valence-corrected chi connectivity index (χ3v) is 14.7. The summed E-state index contributed by atoms with van der Waals surface area (Å²) in [4.78, 5) is 0. The molecule has 6 rings (SSSR count). The van der Waals surface area contributed by atoms with E-state index in [9.17, 15) is 0 Å². The van der Waals surface area contributed by atoms with Crippen LogP contribution in [0.25, 0.3) is 34.4 Å². The predicted molar refractivity (Wildman–Crippen MR) is 173 cm³/mol. The normalized spacial score (nSPS) is 14.2. The second-order valence-corrected chi connectivity index (χ2v) is 16.5. The molecule has 2 aliphatic rings. The van der Waals surface area contributed by atoms with E-state index in [2.05, 4.69) is 126 Å². The van der Waals surface area contributed by atoms with Gasteiger partial charge in [-0.1, -0.05) is 121 Å². The molecule has 0 radical (unpaired) electrons. The molecular formula is C38H40Si. The van der Waals surface area contributed by atoms with Gasteiger partial charge in [0.15, 0.2) is 0 Å². The van der Waals surface area contributed by atoms with E-state index >= 15 is 0 Å². The van der Waals surface area contributed by atoms with Gasteiger partial charge in [0.2, 0.25) is 0 Å². The second kappa shape index (κ2) is 9.95. The number of benzene rings is 4. The largest absolute Gasteiger partial charge is 0.106 e. The molecule has 0 aromatic heterocycles. The molecule has 0 N–H and O–H groups in total. The van der Waals surface area contributed by atoms with Gasteiger partial charge in [-0.2, -0.15) is 0 Å². The van der Waals surface area contributed by atoms with Crippen LogP contribution in [0.5, 0.6) is 0 Å². The van der Waals surface area contributed by atoms with Gasteiger partial charge < -0.3 is 0 Å². The van der Waals surface area contributed by atoms with E-state index in [1.165, 1.54) is 79.2 Å². The van der Waals surface area contributed by atoms with E-state index in [0.29, 0.717) is 0 Å². The SMILES string of the molecule is CCC[Si](C)(C1=Cc2c(cccc2-c2cccc(C)c2C)C1)C1=Cc2c(cccc2-c2cccc(C)c2C)C1. The molecule has 0 saturated heterocycles. The highest BCUT2D eigenvalue weighted by atomic mass is 28.3. The highest BCUT2D eigenvalue weighted by Gasteiger charge is 2.39.